The zero-order valence-electron chi connectivity index (χ0n) is 18.9. The number of para-hydroxylation sites is 2. The third-order valence-electron chi connectivity index (χ3n) is 7.08. The normalized spacial score (nSPS) is 19.7. The zero-order valence-corrected chi connectivity index (χ0v) is 19.7. The van der Waals surface area contributed by atoms with Gasteiger partial charge in [-0.1, -0.05) is 42.5 Å². The summed E-state index contributed by atoms with van der Waals surface area (Å²) in [4.78, 5) is 29.9. The fraction of sp³-hybridized carbons (Fsp3) is 0.286. The second kappa shape index (κ2) is 8.76. The predicted molar refractivity (Wildman–Crippen MR) is 136 cm³/mol. The van der Waals surface area contributed by atoms with Gasteiger partial charge in [0.2, 0.25) is 5.91 Å². The first-order chi connectivity index (χ1) is 16.7. The number of hydrogen-bond acceptors (Lipinski definition) is 5. The molecule has 0 saturated heterocycles. The van der Waals surface area contributed by atoms with E-state index in [1.807, 2.05) is 35.7 Å². The van der Waals surface area contributed by atoms with Gasteiger partial charge < -0.3 is 15.5 Å². The van der Waals surface area contributed by atoms with Crippen LogP contribution in [-0.2, 0) is 22.4 Å². The molecule has 2 heterocycles. The van der Waals surface area contributed by atoms with E-state index in [0.29, 0.717) is 6.42 Å². The Hall–Kier alpha value is -3.38. The summed E-state index contributed by atoms with van der Waals surface area (Å²) >= 11 is 1.64. The number of thiophene rings is 1. The first-order valence-corrected chi connectivity index (χ1v) is 12.8. The van der Waals surface area contributed by atoms with Gasteiger partial charge in [-0.05, 0) is 60.4 Å². The molecular formula is C28H27N3O2S. The first-order valence-electron chi connectivity index (χ1n) is 12.0. The van der Waals surface area contributed by atoms with E-state index in [0.717, 1.165) is 53.2 Å². The van der Waals surface area contributed by atoms with Gasteiger partial charge in [-0.15, -0.1) is 11.3 Å². The van der Waals surface area contributed by atoms with E-state index in [1.54, 1.807) is 11.3 Å². The van der Waals surface area contributed by atoms with Gasteiger partial charge in [0.05, 0.1) is 24.0 Å². The number of rotatable bonds is 4. The molecule has 1 aromatic heterocycles. The van der Waals surface area contributed by atoms with Crippen LogP contribution < -0.4 is 15.5 Å². The minimum Gasteiger partial charge on any atom is -0.357 e. The Morgan fingerprint density at radius 2 is 1.76 bits per heavy atom. The van der Waals surface area contributed by atoms with Crippen LogP contribution in [0.3, 0.4) is 0 Å². The Balaban J connectivity index is 1.35. The van der Waals surface area contributed by atoms with E-state index in [9.17, 15) is 9.59 Å². The minimum absolute atomic E-state index is 0.0125. The van der Waals surface area contributed by atoms with E-state index in [1.165, 1.54) is 11.1 Å². The zero-order chi connectivity index (χ0) is 23.1. The van der Waals surface area contributed by atoms with Gasteiger partial charge >= 0.3 is 0 Å². The molecule has 0 radical (unpaired) electrons. The highest BCUT2D eigenvalue weighted by molar-refractivity contribution is 7.10. The summed E-state index contributed by atoms with van der Waals surface area (Å²) < 4.78 is 0. The Morgan fingerprint density at radius 1 is 1.00 bits per heavy atom. The largest absolute Gasteiger partial charge is 0.357 e. The fourth-order valence-electron chi connectivity index (χ4n) is 5.61. The Bertz CT molecular complexity index is 1260. The maximum Gasteiger partial charge on any atom is 0.239 e. The first kappa shape index (κ1) is 21.2. The number of fused-ring (bicyclic) bond motifs is 2. The van der Waals surface area contributed by atoms with E-state index >= 15 is 0 Å². The summed E-state index contributed by atoms with van der Waals surface area (Å²) in [6.07, 6.45) is 3.98. The van der Waals surface area contributed by atoms with Crippen molar-refractivity contribution < 1.29 is 9.59 Å². The molecule has 2 N–H and O–H groups in total. The van der Waals surface area contributed by atoms with Crippen LogP contribution in [0.2, 0.25) is 0 Å². The SMILES string of the molecule is O=C(CN1c2ccccc2NC2=C(C(=O)CCC2)[C@H]1c1cccs1)NC1Cc2ccccc2C1. The van der Waals surface area contributed by atoms with Crippen molar-refractivity contribution >= 4 is 34.4 Å². The second-order valence-electron chi connectivity index (χ2n) is 9.30. The van der Waals surface area contributed by atoms with Crippen molar-refractivity contribution in [3.8, 4) is 0 Å². The summed E-state index contributed by atoms with van der Waals surface area (Å²) in [6, 6.07) is 20.4. The molecule has 6 rings (SSSR count). The fourth-order valence-corrected chi connectivity index (χ4v) is 6.45. The number of amides is 1. The third-order valence-corrected chi connectivity index (χ3v) is 8.01. The molecular weight excluding hydrogens is 442 g/mol. The molecule has 1 amide bonds. The van der Waals surface area contributed by atoms with Crippen LogP contribution in [-0.4, -0.2) is 24.3 Å². The monoisotopic (exact) mass is 469 g/mol. The average Bonchev–Trinajstić information content (AvgIpc) is 3.48. The highest BCUT2D eigenvalue weighted by Gasteiger charge is 2.38. The van der Waals surface area contributed by atoms with Crippen LogP contribution >= 0.6 is 11.3 Å². The molecule has 3 aliphatic rings. The topological polar surface area (TPSA) is 61.4 Å². The Labute approximate surface area is 203 Å². The number of allylic oxidation sites excluding steroid dienone is 1. The van der Waals surface area contributed by atoms with Gasteiger partial charge in [0.25, 0.3) is 0 Å². The average molecular weight is 470 g/mol. The molecule has 0 saturated carbocycles. The van der Waals surface area contributed by atoms with E-state index in [4.69, 9.17) is 0 Å². The Kier molecular flexibility index (Phi) is 5.46. The van der Waals surface area contributed by atoms with Crippen molar-refractivity contribution in [3.05, 3.63) is 93.3 Å². The van der Waals surface area contributed by atoms with Crippen LogP contribution in [0.5, 0.6) is 0 Å². The quantitative estimate of drug-likeness (QED) is 0.564. The molecule has 0 unspecified atom stereocenters. The lowest BCUT2D eigenvalue weighted by Gasteiger charge is -2.34. The molecule has 0 spiro atoms. The number of anilines is 2. The molecule has 5 nitrogen and oxygen atoms in total. The molecule has 172 valence electrons. The van der Waals surface area contributed by atoms with Crippen LogP contribution in [0, 0.1) is 0 Å². The molecule has 1 aliphatic heterocycles. The number of Topliss-reactive ketones (excluding diaryl/α,β-unsaturated/α-hetero) is 1. The van der Waals surface area contributed by atoms with E-state index < -0.39 is 0 Å². The van der Waals surface area contributed by atoms with Crippen molar-refractivity contribution in [2.75, 3.05) is 16.8 Å². The van der Waals surface area contributed by atoms with Gasteiger partial charge in [0.1, 0.15) is 0 Å². The summed E-state index contributed by atoms with van der Waals surface area (Å²) in [7, 11) is 0. The second-order valence-corrected chi connectivity index (χ2v) is 10.3. The number of nitrogens with zero attached hydrogens (tertiary/aromatic N) is 1. The van der Waals surface area contributed by atoms with Crippen molar-refractivity contribution in [1.29, 1.82) is 0 Å². The number of carbonyl (C=O) groups excluding carboxylic acids is 2. The molecule has 1 atom stereocenters. The minimum atomic E-state index is -0.273. The standard InChI is InChI=1S/C28H27N3O2S/c32-24-12-5-10-22-27(24)28(25-13-6-14-34-25)31(23-11-4-3-9-21(23)30-22)17-26(33)29-20-15-18-7-1-2-8-19(18)16-20/h1-4,6-9,11,13-14,20,28,30H,5,10,12,15-17H2,(H,29,33)/t28-/m1/s1. The maximum atomic E-state index is 13.4. The Morgan fingerprint density at radius 3 is 2.53 bits per heavy atom. The van der Waals surface area contributed by atoms with Gasteiger partial charge in [-0.25, -0.2) is 0 Å². The lowest BCUT2D eigenvalue weighted by molar-refractivity contribution is -0.121. The number of carbonyl (C=O) groups is 2. The molecule has 2 aliphatic carbocycles. The maximum absolute atomic E-state index is 13.4. The van der Waals surface area contributed by atoms with Gasteiger partial charge in [-0.3, -0.25) is 9.59 Å². The predicted octanol–water partition coefficient (Wildman–Crippen LogP) is 5.01. The smallest absolute Gasteiger partial charge is 0.239 e. The lowest BCUT2D eigenvalue weighted by Crippen LogP contribution is -2.44. The molecule has 0 fully saturated rings. The number of benzene rings is 2. The number of nitrogens with one attached hydrogen (secondary N) is 2. The van der Waals surface area contributed by atoms with Crippen LogP contribution in [0.4, 0.5) is 11.4 Å². The summed E-state index contributed by atoms with van der Waals surface area (Å²) in [5, 5.41) is 8.88. The molecule has 6 heteroatoms. The summed E-state index contributed by atoms with van der Waals surface area (Å²) in [5.41, 5.74) is 6.34. The van der Waals surface area contributed by atoms with E-state index in [2.05, 4.69) is 45.9 Å². The van der Waals surface area contributed by atoms with Crippen LogP contribution in [0.25, 0.3) is 0 Å². The van der Waals surface area contributed by atoms with Crippen LogP contribution in [0.1, 0.15) is 41.3 Å². The highest BCUT2D eigenvalue weighted by atomic mass is 32.1. The van der Waals surface area contributed by atoms with E-state index in [-0.39, 0.29) is 30.3 Å². The summed E-state index contributed by atoms with van der Waals surface area (Å²) in [6.45, 7) is 0.193. The van der Waals surface area contributed by atoms with Crippen molar-refractivity contribution in [1.82, 2.24) is 5.32 Å². The molecule has 2 aromatic carbocycles. The highest BCUT2D eigenvalue weighted by Crippen LogP contribution is 2.45. The lowest BCUT2D eigenvalue weighted by atomic mass is 9.88. The van der Waals surface area contributed by atoms with Gasteiger partial charge in [0, 0.05) is 28.6 Å². The van der Waals surface area contributed by atoms with Crippen molar-refractivity contribution in [2.24, 2.45) is 0 Å². The molecule has 0 bridgehead atoms. The molecule has 34 heavy (non-hydrogen) atoms. The van der Waals surface area contributed by atoms with Crippen LogP contribution in [0.15, 0.2) is 77.3 Å². The summed E-state index contributed by atoms with van der Waals surface area (Å²) in [5.74, 6) is 0.165. The van der Waals surface area contributed by atoms with Crippen molar-refractivity contribution in [2.45, 2.75) is 44.2 Å². The third kappa shape index (κ3) is 3.82. The number of ketones is 1. The van der Waals surface area contributed by atoms with Crippen molar-refractivity contribution in [3.63, 3.8) is 0 Å². The number of hydrogen-bond donors (Lipinski definition) is 2. The van der Waals surface area contributed by atoms with Gasteiger partial charge in [0.15, 0.2) is 5.78 Å². The van der Waals surface area contributed by atoms with Gasteiger partial charge in [-0.2, -0.15) is 0 Å². The molecule has 3 aromatic rings.